The minimum atomic E-state index is -4.80. The lowest BCUT2D eigenvalue weighted by Crippen LogP contribution is -2.30. The van der Waals surface area contributed by atoms with Gasteiger partial charge in [0.05, 0.1) is 12.7 Å². The SMILES string of the molecule is C=CCCCCC[C@H](Nc1ccc(F)c(C(F)(F)F)c1)C(=O)OC. The zero-order valence-electron chi connectivity index (χ0n) is 13.5. The number of anilines is 1. The Morgan fingerprint density at radius 2 is 2.04 bits per heavy atom. The molecule has 1 aromatic rings. The van der Waals surface area contributed by atoms with Crippen molar-refractivity contribution >= 4 is 11.7 Å². The maximum Gasteiger partial charge on any atom is 0.419 e. The Morgan fingerprint density at radius 3 is 2.62 bits per heavy atom. The number of alkyl halides is 3. The van der Waals surface area contributed by atoms with Crippen LogP contribution in [-0.4, -0.2) is 19.1 Å². The molecular formula is C17H21F4NO2. The van der Waals surface area contributed by atoms with E-state index in [1.165, 1.54) is 7.11 Å². The number of ether oxygens (including phenoxy) is 1. The van der Waals surface area contributed by atoms with E-state index in [0.29, 0.717) is 18.9 Å². The van der Waals surface area contributed by atoms with Crippen LogP contribution in [0.4, 0.5) is 23.2 Å². The second-order valence-corrected chi connectivity index (χ2v) is 5.34. The van der Waals surface area contributed by atoms with E-state index in [2.05, 4.69) is 16.6 Å². The highest BCUT2D eigenvalue weighted by atomic mass is 19.4. The van der Waals surface area contributed by atoms with Gasteiger partial charge >= 0.3 is 12.1 Å². The maximum atomic E-state index is 13.3. The number of nitrogens with one attached hydrogen (secondary N) is 1. The standard InChI is InChI=1S/C17H21F4NO2/c1-3-4-5-6-7-8-15(16(23)24-2)22-12-9-10-14(18)13(11-12)17(19,20)21/h3,9-11,15,22H,1,4-8H2,2H3/t15-/m0/s1. The lowest BCUT2D eigenvalue weighted by atomic mass is 10.1. The third kappa shape index (κ3) is 6.22. The molecule has 1 rings (SSSR count). The minimum Gasteiger partial charge on any atom is -0.467 e. The summed E-state index contributed by atoms with van der Waals surface area (Å²) in [7, 11) is 1.21. The van der Waals surface area contributed by atoms with Crippen molar-refractivity contribution in [1.29, 1.82) is 0 Å². The van der Waals surface area contributed by atoms with Crippen LogP contribution in [0.15, 0.2) is 30.9 Å². The number of methoxy groups -OCH3 is 1. The molecule has 0 spiro atoms. The van der Waals surface area contributed by atoms with Gasteiger partial charge in [0.25, 0.3) is 0 Å². The molecule has 0 aliphatic rings. The third-order valence-electron chi connectivity index (χ3n) is 3.50. The molecular weight excluding hydrogens is 326 g/mol. The van der Waals surface area contributed by atoms with Gasteiger partial charge in [-0.05, 0) is 37.5 Å². The van der Waals surface area contributed by atoms with E-state index < -0.39 is 29.6 Å². The van der Waals surface area contributed by atoms with Crippen LogP contribution in [0, 0.1) is 5.82 Å². The number of carbonyl (C=O) groups excluding carboxylic acids is 1. The highest BCUT2D eigenvalue weighted by molar-refractivity contribution is 5.79. The molecule has 0 amide bonds. The molecule has 0 fully saturated rings. The Morgan fingerprint density at radius 1 is 1.33 bits per heavy atom. The molecule has 0 heterocycles. The van der Waals surface area contributed by atoms with Crippen molar-refractivity contribution in [3.63, 3.8) is 0 Å². The van der Waals surface area contributed by atoms with Crippen molar-refractivity contribution in [3.05, 3.63) is 42.2 Å². The van der Waals surface area contributed by atoms with Crippen LogP contribution in [0.3, 0.4) is 0 Å². The molecule has 0 aliphatic heterocycles. The number of rotatable bonds is 9. The molecule has 0 bridgehead atoms. The maximum absolute atomic E-state index is 13.3. The Hall–Kier alpha value is -2.05. The summed E-state index contributed by atoms with van der Waals surface area (Å²) >= 11 is 0. The lowest BCUT2D eigenvalue weighted by molar-refractivity contribution is -0.141. The Bertz CT molecular complexity index is 558. The molecule has 1 N–H and O–H groups in total. The van der Waals surface area contributed by atoms with Gasteiger partial charge in [-0.3, -0.25) is 0 Å². The van der Waals surface area contributed by atoms with E-state index in [9.17, 15) is 22.4 Å². The number of hydrogen-bond donors (Lipinski definition) is 1. The predicted octanol–water partition coefficient (Wildman–Crippen LogP) is 4.93. The van der Waals surface area contributed by atoms with Gasteiger partial charge in [-0.2, -0.15) is 13.2 Å². The smallest absolute Gasteiger partial charge is 0.419 e. The number of halogens is 4. The highest BCUT2D eigenvalue weighted by Gasteiger charge is 2.34. The van der Waals surface area contributed by atoms with Gasteiger partial charge in [0.2, 0.25) is 0 Å². The summed E-state index contributed by atoms with van der Waals surface area (Å²) < 4.78 is 56.2. The molecule has 0 aliphatic carbocycles. The third-order valence-corrected chi connectivity index (χ3v) is 3.50. The monoisotopic (exact) mass is 347 g/mol. The first-order chi connectivity index (χ1) is 11.3. The molecule has 3 nitrogen and oxygen atoms in total. The average molecular weight is 347 g/mol. The predicted molar refractivity (Wildman–Crippen MR) is 84.1 cm³/mol. The number of hydrogen-bond acceptors (Lipinski definition) is 3. The number of unbranched alkanes of at least 4 members (excludes halogenated alkanes) is 3. The number of carbonyl (C=O) groups is 1. The summed E-state index contributed by atoms with van der Waals surface area (Å²) in [5.41, 5.74) is -1.35. The molecule has 1 aromatic carbocycles. The lowest BCUT2D eigenvalue weighted by Gasteiger charge is -2.19. The van der Waals surface area contributed by atoms with Crippen LogP contribution in [0.25, 0.3) is 0 Å². The number of esters is 1. The van der Waals surface area contributed by atoms with E-state index >= 15 is 0 Å². The number of benzene rings is 1. The second kappa shape index (κ2) is 9.30. The summed E-state index contributed by atoms with van der Waals surface area (Å²) in [5.74, 6) is -1.93. The average Bonchev–Trinajstić information content (AvgIpc) is 2.53. The summed E-state index contributed by atoms with van der Waals surface area (Å²) in [4.78, 5) is 11.8. The first kappa shape index (κ1) is 20.0. The van der Waals surface area contributed by atoms with Crippen LogP contribution in [0.1, 0.15) is 37.7 Å². The molecule has 7 heteroatoms. The zero-order valence-corrected chi connectivity index (χ0v) is 13.5. The number of allylic oxidation sites excluding steroid dienone is 1. The van der Waals surface area contributed by atoms with Crippen LogP contribution >= 0.6 is 0 Å². The van der Waals surface area contributed by atoms with E-state index in [1.54, 1.807) is 6.08 Å². The van der Waals surface area contributed by atoms with Gasteiger partial charge < -0.3 is 10.1 Å². The van der Waals surface area contributed by atoms with Crippen LogP contribution < -0.4 is 5.32 Å². The van der Waals surface area contributed by atoms with Gasteiger partial charge in [-0.1, -0.05) is 18.9 Å². The summed E-state index contributed by atoms with van der Waals surface area (Å²) in [6.45, 7) is 3.62. The van der Waals surface area contributed by atoms with Crippen LogP contribution in [-0.2, 0) is 15.7 Å². The highest BCUT2D eigenvalue weighted by Crippen LogP contribution is 2.33. The molecule has 0 radical (unpaired) electrons. The molecule has 0 unspecified atom stereocenters. The summed E-state index contributed by atoms with van der Waals surface area (Å²) in [5, 5.41) is 2.70. The zero-order chi connectivity index (χ0) is 18.2. The van der Waals surface area contributed by atoms with Crippen molar-refractivity contribution < 1.29 is 27.1 Å². The fraction of sp³-hybridized carbons (Fsp3) is 0.471. The quantitative estimate of drug-likeness (QED) is 0.298. The normalized spacial score (nSPS) is 12.5. The summed E-state index contributed by atoms with van der Waals surface area (Å²) in [6.07, 6.45) is 0.755. The molecule has 0 saturated heterocycles. The fourth-order valence-corrected chi connectivity index (χ4v) is 2.24. The minimum absolute atomic E-state index is 0.0187. The largest absolute Gasteiger partial charge is 0.467 e. The van der Waals surface area contributed by atoms with Gasteiger partial charge in [-0.25, -0.2) is 9.18 Å². The van der Waals surface area contributed by atoms with E-state index in [0.717, 1.165) is 31.4 Å². The van der Waals surface area contributed by atoms with Gasteiger partial charge in [0, 0.05) is 5.69 Å². The van der Waals surface area contributed by atoms with Gasteiger partial charge in [-0.15, -0.1) is 6.58 Å². The summed E-state index contributed by atoms with van der Waals surface area (Å²) in [6, 6.07) is 1.76. The van der Waals surface area contributed by atoms with Crippen molar-refractivity contribution in [3.8, 4) is 0 Å². The van der Waals surface area contributed by atoms with Crippen LogP contribution in [0.2, 0.25) is 0 Å². The molecule has 134 valence electrons. The Kier molecular flexibility index (Phi) is 7.74. The van der Waals surface area contributed by atoms with Crippen molar-refractivity contribution in [2.75, 3.05) is 12.4 Å². The van der Waals surface area contributed by atoms with Crippen molar-refractivity contribution in [1.82, 2.24) is 0 Å². The van der Waals surface area contributed by atoms with Gasteiger partial charge in [0.1, 0.15) is 11.9 Å². The van der Waals surface area contributed by atoms with E-state index in [-0.39, 0.29) is 5.69 Å². The van der Waals surface area contributed by atoms with E-state index in [1.807, 2.05) is 0 Å². The van der Waals surface area contributed by atoms with Crippen molar-refractivity contribution in [2.24, 2.45) is 0 Å². The Labute approximate surface area is 138 Å². The fourth-order valence-electron chi connectivity index (χ4n) is 2.24. The van der Waals surface area contributed by atoms with E-state index in [4.69, 9.17) is 0 Å². The topological polar surface area (TPSA) is 38.3 Å². The molecule has 0 saturated carbocycles. The van der Waals surface area contributed by atoms with Gasteiger partial charge in [0.15, 0.2) is 0 Å². The molecule has 0 aromatic heterocycles. The molecule has 1 atom stereocenters. The van der Waals surface area contributed by atoms with Crippen LogP contribution in [0.5, 0.6) is 0 Å². The molecule has 24 heavy (non-hydrogen) atoms. The first-order valence-corrected chi connectivity index (χ1v) is 7.61. The van der Waals surface area contributed by atoms with Crippen molar-refractivity contribution in [2.45, 2.75) is 44.3 Å². The Balaban J connectivity index is 2.79. The second-order valence-electron chi connectivity index (χ2n) is 5.34. The first-order valence-electron chi connectivity index (χ1n) is 7.61.